The minimum Gasteiger partial charge on any atom is -0.494 e. The van der Waals surface area contributed by atoms with Crippen LogP contribution in [0.2, 0.25) is 0 Å². The number of ether oxygens (including phenoxy) is 1. The third-order valence-corrected chi connectivity index (χ3v) is 1.81. The molecule has 1 heteroatoms. The number of unbranched alkanes of at least 4 members (excludes halogenated alkanes) is 2. The average molecular weight is 176 g/mol. The molecule has 13 heavy (non-hydrogen) atoms. The predicted molar refractivity (Wildman–Crippen MR) is 56.0 cm³/mol. The summed E-state index contributed by atoms with van der Waals surface area (Å²) in [5.41, 5.74) is 0. The van der Waals surface area contributed by atoms with Crippen LogP contribution >= 0.6 is 0 Å². The van der Waals surface area contributed by atoms with Gasteiger partial charge in [0.1, 0.15) is 5.75 Å². The quantitative estimate of drug-likeness (QED) is 0.476. The van der Waals surface area contributed by atoms with Crippen molar-refractivity contribution in [3.8, 4) is 5.75 Å². The summed E-state index contributed by atoms with van der Waals surface area (Å²) < 4.78 is 5.52. The number of hydrogen-bond acceptors (Lipinski definition) is 1. The molecule has 0 aliphatic heterocycles. The average Bonchev–Trinajstić information content (AvgIpc) is 2.19. The van der Waals surface area contributed by atoms with Crippen LogP contribution in [0.25, 0.3) is 0 Å². The van der Waals surface area contributed by atoms with Crippen LogP contribution in [0.4, 0.5) is 0 Å². The van der Waals surface area contributed by atoms with Gasteiger partial charge in [-0.25, -0.2) is 0 Å². The molecule has 0 spiro atoms. The fourth-order valence-electron chi connectivity index (χ4n) is 1.10. The van der Waals surface area contributed by atoms with Crippen LogP contribution < -0.4 is 4.74 Å². The molecule has 1 aromatic rings. The maximum atomic E-state index is 5.52. The Bertz CT molecular complexity index is 228. The second kappa shape index (κ2) is 6.30. The SMILES string of the molecule is C=CCCCCOc1ccccc1. The fourth-order valence-corrected chi connectivity index (χ4v) is 1.10. The van der Waals surface area contributed by atoms with E-state index in [9.17, 15) is 0 Å². The Kier molecular flexibility index (Phi) is 4.77. The molecule has 1 rings (SSSR count). The molecule has 0 saturated carbocycles. The van der Waals surface area contributed by atoms with E-state index in [-0.39, 0.29) is 0 Å². The molecule has 0 atom stereocenters. The Balaban J connectivity index is 2.10. The number of allylic oxidation sites excluding steroid dienone is 1. The topological polar surface area (TPSA) is 9.23 Å². The largest absolute Gasteiger partial charge is 0.494 e. The summed E-state index contributed by atoms with van der Waals surface area (Å²) in [6.45, 7) is 4.48. The Morgan fingerprint density at radius 1 is 1.15 bits per heavy atom. The highest BCUT2D eigenvalue weighted by molar-refractivity contribution is 5.20. The van der Waals surface area contributed by atoms with E-state index in [2.05, 4.69) is 6.58 Å². The van der Waals surface area contributed by atoms with E-state index in [0.29, 0.717) is 0 Å². The van der Waals surface area contributed by atoms with Crippen molar-refractivity contribution in [2.45, 2.75) is 19.3 Å². The molecule has 0 heterocycles. The zero-order chi connectivity index (χ0) is 9.36. The molecular weight excluding hydrogens is 160 g/mol. The van der Waals surface area contributed by atoms with E-state index < -0.39 is 0 Å². The third kappa shape index (κ3) is 4.36. The fraction of sp³-hybridized carbons (Fsp3) is 0.333. The molecule has 0 saturated heterocycles. The highest BCUT2D eigenvalue weighted by Gasteiger charge is 1.90. The maximum Gasteiger partial charge on any atom is 0.119 e. The van der Waals surface area contributed by atoms with Gasteiger partial charge in [-0.05, 0) is 31.4 Å². The summed E-state index contributed by atoms with van der Waals surface area (Å²) in [7, 11) is 0. The van der Waals surface area contributed by atoms with Gasteiger partial charge in [-0.3, -0.25) is 0 Å². The van der Waals surface area contributed by atoms with Gasteiger partial charge < -0.3 is 4.74 Å². The second-order valence-corrected chi connectivity index (χ2v) is 2.95. The summed E-state index contributed by atoms with van der Waals surface area (Å²) in [5, 5.41) is 0. The first-order chi connectivity index (χ1) is 6.43. The molecule has 1 aromatic carbocycles. The Hall–Kier alpha value is -1.24. The van der Waals surface area contributed by atoms with Crippen LogP contribution in [0.3, 0.4) is 0 Å². The lowest BCUT2D eigenvalue weighted by molar-refractivity contribution is 0.307. The zero-order valence-corrected chi connectivity index (χ0v) is 7.91. The van der Waals surface area contributed by atoms with E-state index in [0.717, 1.165) is 31.6 Å². The van der Waals surface area contributed by atoms with E-state index in [4.69, 9.17) is 4.74 Å². The first-order valence-electron chi connectivity index (χ1n) is 4.72. The summed E-state index contributed by atoms with van der Waals surface area (Å²) in [4.78, 5) is 0. The van der Waals surface area contributed by atoms with Crippen molar-refractivity contribution in [2.24, 2.45) is 0 Å². The van der Waals surface area contributed by atoms with Crippen molar-refractivity contribution >= 4 is 0 Å². The minimum absolute atomic E-state index is 0.803. The lowest BCUT2D eigenvalue weighted by atomic mass is 10.2. The normalized spacial score (nSPS) is 9.54. The number of rotatable bonds is 6. The maximum absolute atomic E-state index is 5.52. The monoisotopic (exact) mass is 176 g/mol. The minimum atomic E-state index is 0.803. The van der Waals surface area contributed by atoms with E-state index >= 15 is 0 Å². The van der Waals surface area contributed by atoms with Crippen molar-refractivity contribution in [2.75, 3.05) is 6.61 Å². The van der Waals surface area contributed by atoms with Gasteiger partial charge in [-0.2, -0.15) is 0 Å². The van der Waals surface area contributed by atoms with E-state index in [1.165, 1.54) is 0 Å². The zero-order valence-electron chi connectivity index (χ0n) is 7.91. The molecular formula is C12H16O. The second-order valence-electron chi connectivity index (χ2n) is 2.95. The molecule has 0 aliphatic rings. The van der Waals surface area contributed by atoms with E-state index in [1.807, 2.05) is 36.4 Å². The lowest BCUT2D eigenvalue weighted by Crippen LogP contribution is -1.96. The van der Waals surface area contributed by atoms with Crippen LogP contribution in [0.1, 0.15) is 19.3 Å². The summed E-state index contributed by atoms with van der Waals surface area (Å²) >= 11 is 0. The molecule has 0 N–H and O–H groups in total. The smallest absolute Gasteiger partial charge is 0.119 e. The van der Waals surface area contributed by atoms with Gasteiger partial charge in [0, 0.05) is 0 Å². The molecule has 0 radical (unpaired) electrons. The molecule has 0 unspecified atom stereocenters. The number of para-hydroxylation sites is 1. The summed E-state index contributed by atoms with van der Waals surface area (Å²) in [5.74, 6) is 0.959. The molecule has 0 aliphatic carbocycles. The van der Waals surface area contributed by atoms with Crippen molar-refractivity contribution < 1.29 is 4.74 Å². The highest BCUT2D eigenvalue weighted by Crippen LogP contribution is 2.09. The summed E-state index contributed by atoms with van der Waals surface area (Å²) in [6, 6.07) is 9.92. The van der Waals surface area contributed by atoms with Crippen LogP contribution in [-0.4, -0.2) is 6.61 Å². The summed E-state index contributed by atoms with van der Waals surface area (Å²) in [6.07, 6.45) is 5.29. The molecule has 1 nitrogen and oxygen atoms in total. The van der Waals surface area contributed by atoms with Gasteiger partial charge in [0.15, 0.2) is 0 Å². The van der Waals surface area contributed by atoms with Crippen LogP contribution in [0.5, 0.6) is 5.75 Å². The van der Waals surface area contributed by atoms with Gasteiger partial charge >= 0.3 is 0 Å². The molecule has 0 aromatic heterocycles. The molecule has 0 fully saturated rings. The predicted octanol–water partition coefficient (Wildman–Crippen LogP) is 3.42. The van der Waals surface area contributed by atoms with Gasteiger partial charge in [0.25, 0.3) is 0 Å². The van der Waals surface area contributed by atoms with Gasteiger partial charge in [0.2, 0.25) is 0 Å². The van der Waals surface area contributed by atoms with Gasteiger partial charge in [-0.15, -0.1) is 6.58 Å². The van der Waals surface area contributed by atoms with E-state index in [1.54, 1.807) is 0 Å². The Morgan fingerprint density at radius 2 is 1.92 bits per heavy atom. The third-order valence-electron chi connectivity index (χ3n) is 1.81. The number of benzene rings is 1. The van der Waals surface area contributed by atoms with Gasteiger partial charge in [0.05, 0.1) is 6.61 Å². The lowest BCUT2D eigenvalue weighted by Gasteiger charge is -2.04. The first kappa shape index (κ1) is 9.85. The van der Waals surface area contributed by atoms with Crippen LogP contribution in [0, 0.1) is 0 Å². The Morgan fingerprint density at radius 3 is 2.62 bits per heavy atom. The first-order valence-corrected chi connectivity index (χ1v) is 4.72. The number of hydrogen-bond donors (Lipinski definition) is 0. The van der Waals surface area contributed by atoms with Crippen LogP contribution in [-0.2, 0) is 0 Å². The van der Waals surface area contributed by atoms with Crippen molar-refractivity contribution in [3.63, 3.8) is 0 Å². The molecule has 70 valence electrons. The highest BCUT2D eigenvalue weighted by atomic mass is 16.5. The molecule has 0 bridgehead atoms. The van der Waals surface area contributed by atoms with Crippen molar-refractivity contribution in [1.29, 1.82) is 0 Å². The molecule has 0 amide bonds. The van der Waals surface area contributed by atoms with Crippen molar-refractivity contribution in [3.05, 3.63) is 43.0 Å². The van der Waals surface area contributed by atoms with Gasteiger partial charge in [-0.1, -0.05) is 24.3 Å². The standard InChI is InChI=1S/C12H16O/c1-2-3-4-8-11-13-12-9-6-5-7-10-12/h2,5-7,9-10H,1,3-4,8,11H2. The Labute approximate surface area is 80.0 Å². The van der Waals surface area contributed by atoms with Crippen LogP contribution in [0.15, 0.2) is 43.0 Å². The van der Waals surface area contributed by atoms with Crippen molar-refractivity contribution in [1.82, 2.24) is 0 Å².